The van der Waals surface area contributed by atoms with Gasteiger partial charge in [-0.3, -0.25) is 9.59 Å². The molecule has 1 aromatic rings. The number of rotatable bonds is 5. The molecule has 8 nitrogen and oxygen atoms in total. The lowest BCUT2D eigenvalue weighted by Gasteiger charge is -2.31. The van der Waals surface area contributed by atoms with Crippen molar-refractivity contribution in [2.75, 3.05) is 19.6 Å². The van der Waals surface area contributed by atoms with E-state index in [0.717, 1.165) is 4.31 Å². The van der Waals surface area contributed by atoms with Crippen LogP contribution in [0.4, 0.5) is 13.2 Å². The predicted octanol–water partition coefficient (Wildman–Crippen LogP) is -0.0342. The number of hydrogen-bond acceptors (Lipinski definition) is 4. The largest absolute Gasteiger partial charge is 0.402 e. The van der Waals surface area contributed by atoms with Crippen molar-refractivity contribution < 1.29 is 26.4 Å². The van der Waals surface area contributed by atoms with Gasteiger partial charge < -0.3 is 10.3 Å². The van der Waals surface area contributed by atoms with Gasteiger partial charge in [0.25, 0.3) is 21.7 Å². The first-order valence-corrected chi connectivity index (χ1v) is 8.82. The minimum absolute atomic E-state index is 0.0384. The standard InChI is InChI=1S/C13H17F3N4O4S/c14-13(15,16)8-18-25(23,24)20-6-3-9(4-7-20)19-12(22)10-2-1-5-17-11(10)21/h1-2,5,9,18H,3-4,6-8H2,(H,17,21)(H,19,22). The average Bonchev–Trinajstić information content (AvgIpc) is 2.53. The normalized spacial score (nSPS) is 17.4. The number of nitrogens with zero attached hydrogens (tertiary/aromatic N) is 1. The summed E-state index contributed by atoms with van der Waals surface area (Å²) in [5.74, 6) is -0.585. The summed E-state index contributed by atoms with van der Waals surface area (Å²) < 4.78 is 62.4. The number of alkyl halides is 3. The van der Waals surface area contributed by atoms with Crippen molar-refractivity contribution in [1.29, 1.82) is 0 Å². The van der Waals surface area contributed by atoms with E-state index in [1.54, 1.807) is 0 Å². The van der Waals surface area contributed by atoms with Gasteiger partial charge >= 0.3 is 6.18 Å². The first-order chi connectivity index (χ1) is 11.6. The molecular weight excluding hydrogens is 365 g/mol. The topological polar surface area (TPSA) is 111 Å². The summed E-state index contributed by atoms with van der Waals surface area (Å²) in [6, 6.07) is 2.48. The Bertz CT molecular complexity index is 770. The van der Waals surface area contributed by atoms with E-state index in [4.69, 9.17) is 0 Å². The molecule has 1 aliphatic heterocycles. The fraction of sp³-hybridized carbons (Fsp3) is 0.538. The second-order valence-electron chi connectivity index (χ2n) is 5.50. The van der Waals surface area contributed by atoms with Crippen LogP contribution < -0.4 is 15.6 Å². The first kappa shape index (κ1) is 19.4. The minimum atomic E-state index is -4.64. The summed E-state index contributed by atoms with van der Waals surface area (Å²) in [5, 5.41) is 2.62. The first-order valence-electron chi connectivity index (χ1n) is 7.38. The number of piperidine rings is 1. The lowest BCUT2D eigenvalue weighted by Crippen LogP contribution is -2.51. The van der Waals surface area contributed by atoms with E-state index < -0.39 is 34.4 Å². The number of hydrogen-bond donors (Lipinski definition) is 3. The number of halogens is 3. The SMILES string of the molecule is O=C(NC1CCN(S(=O)(=O)NCC(F)(F)F)CC1)c1ccc[nH]c1=O. The van der Waals surface area contributed by atoms with Gasteiger partial charge in [-0.25, -0.2) is 0 Å². The van der Waals surface area contributed by atoms with Crippen molar-refractivity contribution in [2.45, 2.75) is 25.1 Å². The Morgan fingerprint density at radius 1 is 1.32 bits per heavy atom. The molecule has 1 amide bonds. The highest BCUT2D eigenvalue weighted by Crippen LogP contribution is 2.16. The zero-order chi connectivity index (χ0) is 18.7. The van der Waals surface area contributed by atoms with Crippen LogP contribution in [0.1, 0.15) is 23.2 Å². The molecular formula is C13H17F3N4O4S. The second-order valence-corrected chi connectivity index (χ2v) is 7.26. The maximum Gasteiger partial charge on any atom is 0.402 e. The Kier molecular flexibility index (Phi) is 5.85. The molecule has 2 heterocycles. The number of carbonyl (C=O) groups is 1. The zero-order valence-corrected chi connectivity index (χ0v) is 13.8. The van der Waals surface area contributed by atoms with Gasteiger partial charge in [0.05, 0.1) is 0 Å². The Morgan fingerprint density at radius 2 is 1.96 bits per heavy atom. The molecule has 0 radical (unpaired) electrons. The van der Waals surface area contributed by atoms with E-state index in [-0.39, 0.29) is 37.5 Å². The smallest absolute Gasteiger partial charge is 0.349 e. The third-order valence-corrected chi connectivity index (χ3v) is 5.20. The Morgan fingerprint density at radius 3 is 2.52 bits per heavy atom. The van der Waals surface area contributed by atoms with Crippen LogP contribution in [-0.2, 0) is 10.2 Å². The second kappa shape index (κ2) is 7.54. The van der Waals surface area contributed by atoms with Gasteiger partial charge in [-0.15, -0.1) is 0 Å². The number of nitrogens with one attached hydrogen (secondary N) is 3. The number of aromatic nitrogens is 1. The van der Waals surface area contributed by atoms with Crippen LogP contribution in [0, 0.1) is 0 Å². The van der Waals surface area contributed by atoms with Crippen molar-refractivity contribution in [3.05, 3.63) is 34.2 Å². The van der Waals surface area contributed by atoms with Crippen molar-refractivity contribution in [3.63, 3.8) is 0 Å². The van der Waals surface area contributed by atoms with E-state index in [1.165, 1.54) is 23.1 Å². The van der Waals surface area contributed by atoms with Crippen molar-refractivity contribution in [3.8, 4) is 0 Å². The van der Waals surface area contributed by atoms with Crippen LogP contribution in [0.5, 0.6) is 0 Å². The maximum atomic E-state index is 12.1. The summed E-state index contributed by atoms with van der Waals surface area (Å²) in [7, 11) is -4.23. The molecule has 2 rings (SSSR count). The molecule has 1 aliphatic rings. The van der Waals surface area contributed by atoms with Crippen LogP contribution in [0.25, 0.3) is 0 Å². The quantitative estimate of drug-likeness (QED) is 0.664. The fourth-order valence-electron chi connectivity index (χ4n) is 2.37. The van der Waals surface area contributed by atoms with Crippen LogP contribution in [-0.4, -0.2) is 55.5 Å². The van der Waals surface area contributed by atoms with E-state index in [1.807, 2.05) is 0 Å². The van der Waals surface area contributed by atoms with Gasteiger partial charge in [0, 0.05) is 25.3 Å². The van der Waals surface area contributed by atoms with Crippen LogP contribution in [0.2, 0.25) is 0 Å². The third kappa shape index (κ3) is 5.54. The molecule has 1 aromatic heterocycles. The predicted molar refractivity (Wildman–Crippen MR) is 82.1 cm³/mol. The van der Waals surface area contributed by atoms with Crippen LogP contribution in [0.3, 0.4) is 0 Å². The van der Waals surface area contributed by atoms with Gasteiger partial charge in [-0.2, -0.15) is 30.6 Å². The zero-order valence-electron chi connectivity index (χ0n) is 13.0. The number of pyridine rings is 1. The number of amides is 1. The van der Waals surface area contributed by atoms with Gasteiger partial charge in [0.1, 0.15) is 12.1 Å². The van der Waals surface area contributed by atoms with Crippen molar-refractivity contribution in [1.82, 2.24) is 19.3 Å². The van der Waals surface area contributed by atoms with Crippen LogP contribution >= 0.6 is 0 Å². The highest BCUT2D eigenvalue weighted by Gasteiger charge is 2.33. The number of H-pyrrole nitrogens is 1. The monoisotopic (exact) mass is 382 g/mol. The molecule has 0 atom stereocenters. The number of aromatic amines is 1. The van der Waals surface area contributed by atoms with Gasteiger partial charge in [-0.05, 0) is 25.0 Å². The Labute approximate surface area is 141 Å². The van der Waals surface area contributed by atoms with E-state index in [0.29, 0.717) is 0 Å². The van der Waals surface area contributed by atoms with Crippen LogP contribution in [0.15, 0.2) is 23.1 Å². The lowest BCUT2D eigenvalue weighted by molar-refractivity contribution is -0.121. The molecule has 0 unspecified atom stereocenters. The molecule has 3 N–H and O–H groups in total. The molecule has 0 aliphatic carbocycles. The molecule has 140 valence electrons. The molecule has 1 saturated heterocycles. The summed E-state index contributed by atoms with van der Waals surface area (Å²) in [5.41, 5.74) is -0.610. The number of carbonyl (C=O) groups excluding carboxylic acids is 1. The Hall–Kier alpha value is -1.92. The highest BCUT2D eigenvalue weighted by atomic mass is 32.2. The van der Waals surface area contributed by atoms with Crippen molar-refractivity contribution in [2.24, 2.45) is 0 Å². The van der Waals surface area contributed by atoms with Gasteiger partial charge in [-0.1, -0.05) is 0 Å². The third-order valence-electron chi connectivity index (χ3n) is 3.65. The van der Waals surface area contributed by atoms with E-state index in [2.05, 4.69) is 10.3 Å². The molecule has 12 heteroatoms. The summed E-state index contributed by atoms with van der Waals surface area (Å²) in [6.07, 6.45) is -2.80. The summed E-state index contributed by atoms with van der Waals surface area (Å²) >= 11 is 0. The molecule has 0 saturated carbocycles. The average molecular weight is 382 g/mol. The molecule has 25 heavy (non-hydrogen) atoms. The summed E-state index contributed by atoms with van der Waals surface area (Å²) in [6.45, 7) is -1.71. The molecule has 0 spiro atoms. The summed E-state index contributed by atoms with van der Waals surface area (Å²) in [4.78, 5) is 25.9. The fourth-order valence-corrected chi connectivity index (χ4v) is 3.59. The molecule has 0 aromatic carbocycles. The Balaban J connectivity index is 1.88. The maximum absolute atomic E-state index is 12.1. The van der Waals surface area contributed by atoms with Crippen molar-refractivity contribution >= 4 is 16.1 Å². The van der Waals surface area contributed by atoms with Gasteiger partial charge in [0.15, 0.2) is 0 Å². The lowest BCUT2D eigenvalue weighted by atomic mass is 10.1. The van der Waals surface area contributed by atoms with Gasteiger partial charge in [0.2, 0.25) is 0 Å². The molecule has 1 fully saturated rings. The van der Waals surface area contributed by atoms with E-state index >= 15 is 0 Å². The minimum Gasteiger partial charge on any atom is -0.349 e. The molecule has 0 bridgehead atoms. The van der Waals surface area contributed by atoms with E-state index in [9.17, 15) is 31.2 Å². The highest BCUT2D eigenvalue weighted by molar-refractivity contribution is 7.87.